The molecule has 1 aromatic carbocycles. The Kier molecular flexibility index (Phi) is 5.36. The fraction of sp³-hybridized carbons (Fsp3) is 0.250. The van der Waals surface area contributed by atoms with Crippen LogP contribution < -0.4 is 10.5 Å². The van der Waals surface area contributed by atoms with E-state index in [2.05, 4.69) is 48.0 Å². The highest BCUT2D eigenvalue weighted by molar-refractivity contribution is 5.91. The van der Waals surface area contributed by atoms with Gasteiger partial charge in [-0.05, 0) is 67.9 Å². The maximum absolute atomic E-state index is 13.3. The number of hydrogen-bond donors (Lipinski definition) is 0. The van der Waals surface area contributed by atoms with Gasteiger partial charge in [0.05, 0.1) is 12.1 Å². The molecule has 1 unspecified atom stereocenters. The number of amides is 1. The van der Waals surface area contributed by atoms with Crippen LogP contribution in [0.3, 0.4) is 0 Å². The van der Waals surface area contributed by atoms with E-state index in [0.717, 1.165) is 12.1 Å². The third kappa shape index (κ3) is 3.75. The molecule has 0 spiro atoms. The molecule has 4 aromatic heterocycles. The van der Waals surface area contributed by atoms with Gasteiger partial charge < -0.3 is 18.6 Å². The minimum Gasteiger partial charge on any atom is -0.454 e. The third-order valence-corrected chi connectivity index (χ3v) is 6.93. The number of aromatic nitrogens is 3. The predicted octanol–water partition coefficient (Wildman–Crippen LogP) is 3.95. The number of piperazine rings is 1. The van der Waals surface area contributed by atoms with Crippen LogP contribution in [0.4, 0.5) is 5.69 Å². The second kappa shape index (κ2) is 8.71. The molecular weight excluding hydrogens is 454 g/mol. The molecule has 6 rings (SSSR count). The summed E-state index contributed by atoms with van der Waals surface area (Å²) in [7, 11) is 0. The number of rotatable bonds is 4. The Labute approximate surface area is 208 Å². The number of aryl methyl sites for hydroxylation is 1. The quantitative estimate of drug-likeness (QED) is 0.389. The summed E-state index contributed by atoms with van der Waals surface area (Å²) in [4.78, 5) is 35.1. The van der Waals surface area contributed by atoms with Gasteiger partial charge in [0.2, 0.25) is 0 Å². The molecule has 8 heteroatoms. The molecule has 5 heterocycles. The molecule has 1 aliphatic heterocycles. The minimum absolute atomic E-state index is 0.130. The summed E-state index contributed by atoms with van der Waals surface area (Å²) in [6, 6.07) is 19.5. The van der Waals surface area contributed by atoms with E-state index < -0.39 is 0 Å². The second-order valence-electron chi connectivity index (χ2n) is 9.40. The van der Waals surface area contributed by atoms with E-state index in [1.54, 1.807) is 29.0 Å². The van der Waals surface area contributed by atoms with Crippen molar-refractivity contribution < 1.29 is 9.21 Å². The van der Waals surface area contributed by atoms with Crippen molar-refractivity contribution in [3.8, 4) is 0 Å². The van der Waals surface area contributed by atoms with Crippen molar-refractivity contribution in [3.05, 3.63) is 100 Å². The van der Waals surface area contributed by atoms with E-state index in [1.807, 2.05) is 33.7 Å². The Hall–Kier alpha value is -4.33. The SMILES string of the molecule is Cc1cccc(N2CCN(C(=O)c3ccc(Cn4c(=O)c5cccn5c5cccnc54)o3)CC2C)c1. The number of carbonyl (C=O) groups excluding carboxylic acids is 1. The molecular formula is C28H27N5O3. The van der Waals surface area contributed by atoms with Crippen molar-refractivity contribution >= 4 is 28.3 Å². The highest BCUT2D eigenvalue weighted by atomic mass is 16.4. The summed E-state index contributed by atoms with van der Waals surface area (Å²) >= 11 is 0. The van der Waals surface area contributed by atoms with Crippen LogP contribution in [0.1, 0.15) is 28.8 Å². The van der Waals surface area contributed by atoms with Gasteiger partial charge in [0, 0.05) is 43.8 Å². The lowest BCUT2D eigenvalue weighted by Crippen LogP contribution is -2.53. The van der Waals surface area contributed by atoms with E-state index in [1.165, 1.54) is 11.3 Å². The summed E-state index contributed by atoms with van der Waals surface area (Å²) < 4.78 is 9.40. The number of fused-ring (bicyclic) bond motifs is 3. The highest BCUT2D eigenvalue weighted by Crippen LogP contribution is 2.23. The number of pyridine rings is 1. The molecule has 0 aliphatic carbocycles. The van der Waals surface area contributed by atoms with Crippen LogP contribution in [-0.2, 0) is 6.54 Å². The van der Waals surface area contributed by atoms with Gasteiger partial charge in [0.15, 0.2) is 11.4 Å². The molecule has 0 saturated carbocycles. The first kappa shape index (κ1) is 22.2. The lowest BCUT2D eigenvalue weighted by molar-refractivity contribution is 0.0692. The average molecular weight is 482 g/mol. The van der Waals surface area contributed by atoms with Crippen molar-refractivity contribution in [2.45, 2.75) is 26.4 Å². The molecule has 1 saturated heterocycles. The lowest BCUT2D eigenvalue weighted by atomic mass is 10.1. The minimum atomic E-state index is -0.156. The maximum Gasteiger partial charge on any atom is 0.289 e. The molecule has 36 heavy (non-hydrogen) atoms. The number of hydrogen-bond acceptors (Lipinski definition) is 5. The van der Waals surface area contributed by atoms with Gasteiger partial charge in [-0.15, -0.1) is 0 Å². The summed E-state index contributed by atoms with van der Waals surface area (Å²) in [5.74, 6) is 0.694. The van der Waals surface area contributed by atoms with Gasteiger partial charge in [-0.1, -0.05) is 12.1 Å². The first-order valence-electron chi connectivity index (χ1n) is 12.2. The maximum atomic E-state index is 13.3. The number of furan rings is 1. The largest absolute Gasteiger partial charge is 0.454 e. The molecule has 1 atom stereocenters. The monoisotopic (exact) mass is 481 g/mol. The van der Waals surface area contributed by atoms with Crippen molar-refractivity contribution in [2.75, 3.05) is 24.5 Å². The van der Waals surface area contributed by atoms with Crippen LogP contribution in [0.15, 0.2) is 82.3 Å². The summed E-state index contributed by atoms with van der Waals surface area (Å²) in [6.45, 7) is 6.41. The van der Waals surface area contributed by atoms with Crippen molar-refractivity contribution in [2.24, 2.45) is 0 Å². The highest BCUT2D eigenvalue weighted by Gasteiger charge is 2.29. The molecule has 0 radical (unpaired) electrons. The molecule has 1 amide bonds. The zero-order valence-corrected chi connectivity index (χ0v) is 20.3. The lowest BCUT2D eigenvalue weighted by Gasteiger charge is -2.41. The molecule has 0 bridgehead atoms. The van der Waals surface area contributed by atoms with Crippen LogP contribution in [0.25, 0.3) is 16.7 Å². The predicted molar refractivity (Wildman–Crippen MR) is 139 cm³/mol. The number of anilines is 1. The molecule has 1 fully saturated rings. The fourth-order valence-corrected chi connectivity index (χ4v) is 5.15. The molecule has 1 aliphatic rings. The first-order valence-corrected chi connectivity index (χ1v) is 12.2. The van der Waals surface area contributed by atoms with Crippen LogP contribution in [0.5, 0.6) is 0 Å². The molecule has 182 valence electrons. The number of benzene rings is 1. The van der Waals surface area contributed by atoms with E-state index in [-0.39, 0.29) is 29.8 Å². The van der Waals surface area contributed by atoms with E-state index >= 15 is 0 Å². The average Bonchev–Trinajstić information content (AvgIpc) is 3.56. The standard InChI is InChI=1S/C28H27N5O3/c1-19-6-3-7-21(16-19)31-15-14-30(17-20(31)2)28(35)25-11-10-22(36-25)18-33-26-23(8-4-12-29-26)32-13-5-9-24(32)27(33)34/h3-13,16,20H,14-15,17-18H2,1-2H3. The third-order valence-electron chi connectivity index (χ3n) is 6.93. The van der Waals surface area contributed by atoms with Crippen LogP contribution >= 0.6 is 0 Å². The van der Waals surface area contributed by atoms with Crippen molar-refractivity contribution in [1.82, 2.24) is 18.9 Å². The topological polar surface area (TPSA) is 76.0 Å². The Morgan fingerprint density at radius 2 is 1.92 bits per heavy atom. The fourth-order valence-electron chi connectivity index (χ4n) is 5.15. The Balaban J connectivity index is 1.22. The summed E-state index contributed by atoms with van der Waals surface area (Å²) in [5.41, 5.74) is 4.22. The normalized spacial score (nSPS) is 16.2. The Morgan fingerprint density at radius 1 is 1.06 bits per heavy atom. The van der Waals surface area contributed by atoms with Crippen molar-refractivity contribution in [3.63, 3.8) is 0 Å². The number of carbonyl (C=O) groups is 1. The van der Waals surface area contributed by atoms with E-state index in [4.69, 9.17) is 4.42 Å². The van der Waals surface area contributed by atoms with Crippen LogP contribution in [-0.4, -0.2) is 50.4 Å². The molecule has 8 nitrogen and oxygen atoms in total. The zero-order chi connectivity index (χ0) is 24.8. The molecule has 0 N–H and O–H groups in total. The van der Waals surface area contributed by atoms with E-state index in [0.29, 0.717) is 30.0 Å². The van der Waals surface area contributed by atoms with Gasteiger partial charge in [0.1, 0.15) is 11.3 Å². The number of nitrogens with zero attached hydrogens (tertiary/aromatic N) is 5. The van der Waals surface area contributed by atoms with Crippen LogP contribution in [0, 0.1) is 6.92 Å². The van der Waals surface area contributed by atoms with Gasteiger partial charge in [-0.2, -0.15) is 0 Å². The van der Waals surface area contributed by atoms with Crippen molar-refractivity contribution in [1.29, 1.82) is 0 Å². The van der Waals surface area contributed by atoms with Gasteiger partial charge >= 0.3 is 0 Å². The summed E-state index contributed by atoms with van der Waals surface area (Å²) in [6.07, 6.45) is 3.52. The van der Waals surface area contributed by atoms with Gasteiger partial charge in [-0.25, -0.2) is 4.98 Å². The van der Waals surface area contributed by atoms with Gasteiger partial charge in [-0.3, -0.25) is 14.2 Å². The van der Waals surface area contributed by atoms with Crippen LogP contribution in [0.2, 0.25) is 0 Å². The molecule has 5 aromatic rings. The second-order valence-corrected chi connectivity index (χ2v) is 9.40. The Morgan fingerprint density at radius 3 is 2.75 bits per heavy atom. The summed E-state index contributed by atoms with van der Waals surface area (Å²) in [5, 5.41) is 0. The smallest absolute Gasteiger partial charge is 0.289 e. The zero-order valence-electron chi connectivity index (χ0n) is 20.3. The Bertz CT molecular complexity index is 1650. The van der Waals surface area contributed by atoms with Gasteiger partial charge in [0.25, 0.3) is 11.5 Å². The first-order chi connectivity index (χ1) is 17.5. The van der Waals surface area contributed by atoms with E-state index in [9.17, 15) is 9.59 Å².